The standard InChI is InChI=1S/C18H25NO2/c1-19(17-8-3-4-9-17)14-15-10-11-18(21-2)16(13-15)7-5-6-12-20/h10-11,13,17,20H,3-4,6,8-9,12,14H2,1-2H3. The van der Waals surface area contributed by atoms with Gasteiger partial charge in [-0.1, -0.05) is 30.7 Å². The lowest BCUT2D eigenvalue weighted by Gasteiger charge is -2.24. The van der Waals surface area contributed by atoms with Crippen LogP contribution < -0.4 is 4.74 Å². The molecule has 1 aliphatic rings. The first kappa shape index (κ1) is 15.9. The smallest absolute Gasteiger partial charge is 0.134 e. The molecule has 3 heteroatoms. The molecular formula is C18H25NO2. The summed E-state index contributed by atoms with van der Waals surface area (Å²) < 4.78 is 5.36. The van der Waals surface area contributed by atoms with E-state index < -0.39 is 0 Å². The molecule has 2 rings (SSSR count). The van der Waals surface area contributed by atoms with E-state index in [0.717, 1.165) is 23.9 Å². The van der Waals surface area contributed by atoms with E-state index in [1.165, 1.54) is 31.2 Å². The molecule has 0 amide bonds. The van der Waals surface area contributed by atoms with Crippen LogP contribution in [-0.4, -0.2) is 36.8 Å². The van der Waals surface area contributed by atoms with E-state index in [4.69, 9.17) is 9.84 Å². The summed E-state index contributed by atoms with van der Waals surface area (Å²) in [5, 5.41) is 8.83. The fourth-order valence-electron chi connectivity index (χ4n) is 2.93. The van der Waals surface area contributed by atoms with Gasteiger partial charge < -0.3 is 9.84 Å². The molecule has 1 aliphatic carbocycles. The number of benzene rings is 1. The number of aliphatic hydroxyl groups excluding tert-OH is 1. The average molecular weight is 287 g/mol. The van der Waals surface area contributed by atoms with Gasteiger partial charge in [0, 0.05) is 19.0 Å². The van der Waals surface area contributed by atoms with Crippen molar-refractivity contribution in [1.29, 1.82) is 0 Å². The zero-order valence-corrected chi connectivity index (χ0v) is 13.1. The predicted octanol–water partition coefficient (Wildman–Crippen LogP) is 2.80. The molecule has 0 radical (unpaired) electrons. The van der Waals surface area contributed by atoms with Crippen LogP contribution in [0.4, 0.5) is 0 Å². The number of ether oxygens (including phenoxy) is 1. The minimum atomic E-state index is 0.0967. The molecular weight excluding hydrogens is 262 g/mol. The van der Waals surface area contributed by atoms with Crippen LogP contribution in [-0.2, 0) is 6.54 Å². The third-order valence-electron chi connectivity index (χ3n) is 4.10. The number of methoxy groups -OCH3 is 1. The van der Waals surface area contributed by atoms with Crippen molar-refractivity contribution in [2.75, 3.05) is 20.8 Å². The van der Waals surface area contributed by atoms with Crippen molar-refractivity contribution in [3.05, 3.63) is 29.3 Å². The summed E-state index contributed by atoms with van der Waals surface area (Å²) in [5.41, 5.74) is 2.17. The van der Waals surface area contributed by atoms with E-state index >= 15 is 0 Å². The summed E-state index contributed by atoms with van der Waals surface area (Å²) in [7, 11) is 3.87. The van der Waals surface area contributed by atoms with Crippen molar-refractivity contribution in [3.8, 4) is 17.6 Å². The molecule has 0 atom stereocenters. The molecule has 114 valence electrons. The van der Waals surface area contributed by atoms with Crippen molar-refractivity contribution in [3.63, 3.8) is 0 Å². The van der Waals surface area contributed by atoms with Crippen LogP contribution in [0.2, 0.25) is 0 Å². The average Bonchev–Trinajstić information content (AvgIpc) is 3.02. The molecule has 0 heterocycles. The molecule has 21 heavy (non-hydrogen) atoms. The Morgan fingerprint density at radius 2 is 2.10 bits per heavy atom. The molecule has 0 aliphatic heterocycles. The first-order valence-corrected chi connectivity index (χ1v) is 7.71. The van der Waals surface area contributed by atoms with Gasteiger partial charge in [0.1, 0.15) is 5.75 Å². The van der Waals surface area contributed by atoms with Crippen molar-refractivity contribution < 1.29 is 9.84 Å². The van der Waals surface area contributed by atoms with E-state index in [-0.39, 0.29) is 6.61 Å². The molecule has 0 spiro atoms. The second kappa shape index (κ2) is 8.07. The van der Waals surface area contributed by atoms with Gasteiger partial charge in [-0.2, -0.15) is 0 Å². The van der Waals surface area contributed by atoms with Gasteiger partial charge in [-0.15, -0.1) is 0 Å². The van der Waals surface area contributed by atoms with Crippen molar-refractivity contribution >= 4 is 0 Å². The minimum absolute atomic E-state index is 0.0967. The Morgan fingerprint density at radius 3 is 2.76 bits per heavy atom. The van der Waals surface area contributed by atoms with Crippen molar-refractivity contribution in [1.82, 2.24) is 4.90 Å². The molecule has 1 aromatic rings. The highest BCUT2D eigenvalue weighted by atomic mass is 16.5. The fraction of sp³-hybridized carbons (Fsp3) is 0.556. The molecule has 0 aromatic heterocycles. The maximum absolute atomic E-state index is 8.83. The van der Waals surface area contributed by atoms with Crippen LogP contribution in [0.25, 0.3) is 0 Å². The third-order valence-corrected chi connectivity index (χ3v) is 4.10. The number of aliphatic hydroxyl groups is 1. The minimum Gasteiger partial charge on any atom is -0.495 e. The Kier molecular flexibility index (Phi) is 6.10. The zero-order valence-electron chi connectivity index (χ0n) is 13.1. The Hall–Kier alpha value is -1.50. The van der Waals surface area contributed by atoms with Crippen molar-refractivity contribution in [2.24, 2.45) is 0 Å². The lowest BCUT2D eigenvalue weighted by molar-refractivity contribution is 0.237. The summed E-state index contributed by atoms with van der Waals surface area (Å²) in [6.45, 7) is 1.04. The third kappa shape index (κ3) is 4.49. The zero-order chi connectivity index (χ0) is 15.1. The molecule has 0 bridgehead atoms. The quantitative estimate of drug-likeness (QED) is 0.845. The van der Waals surface area contributed by atoms with Crippen LogP contribution in [0.5, 0.6) is 5.75 Å². The highest BCUT2D eigenvalue weighted by Gasteiger charge is 2.19. The predicted molar refractivity (Wildman–Crippen MR) is 85.3 cm³/mol. The van der Waals surface area contributed by atoms with Gasteiger partial charge in [-0.25, -0.2) is 0 Å². The van der Waals surface area contributed by atoms with Crippen molar-refractivity contribution in [2.45, 2.75) is 44.7 Å². The summed E-state index contributed by atoms with van der Waals surface area (Å²) in [5.74, 6) is 6.86. The molecule has 1 aromatic carbocycles. The Morgan fingerprint density at radius 1 is 1.33 bits per heavy atom. The molecule has 0 unspecified atom stereocenters. The normalized spacial score (nSPS) is 15.0. The van der Waals surface area contributed by atoms with Crippen LogP contribution in [0, 0.1) is 11.8 Å². The monoisotopic (exact) mass is 287 g/mol. The SMILES string of the molecule is COc1ccc(CN(C)C2CCCC2)cc1C#CCCO. The Labute approximate surface area is 127 Å². The number of nitrogens with zero attached hydrogens (tertiary/aromatic N) is 1. The molecule has 0 saturated heterocycles. The van der Waals surface area contributed by atoms with Crippen LogP contribution in [0.1, 0.15) is 43.2 Å². The molecule has 1 N–H and O–H groups in total. The van der Waals surface area contributed by atoms with Gasteiger partial charge in [0.05, 0.1) is 19.3 Å². The molecule has 1 saturated carbocycles. The lowest BCUT2D eigenvalue weighted by atomic mass is 10.1. The Balaban J connectivity index is 2.09. The van der Waals surface area contributed by atoms with Gasteiger partial charge in [-0.05, 0) is 37.6 Å². The molecule has 3 nitrogen and oxygen atoms in total. The highest BCUT2D eigenvalue weighted by molar-refractivity contribution is 5.48. The van der Waals surface area contributed by atoms with Gasteiger partial charge >= 0.3 is 0 Å². The number of hydrogen-bond acceptors (Lipinski definition) is 3. The summed E-state index contributed by atoms with van der Waals surface area (Å²) in [6.07, 6.45) is 5.84. The first-order valence-electron chi connectivity index (χ1n) is 7.71. The lowest BCUT2D eigenvalue weighted by Crippen LogP contribution is -2.28. The van der Waals surface area contributed by atoms with Crippen LogP contribution in [0.3, 0.4) is 0 Å². The molecule has 1 fully saturated rings. The first-order chi connectivity index (χ1) is 10.2. The van der Waals surface area contributed by atoms with Gasteiger partial charge in [0.15, 0.2) is 0 Å². The Bertz CT molecular complexity index is 510. The maximum atomic E-state index is 8.83. The summed E-state index contributed by atoms with van der Waals surface area (Å²) in [4.78, 5) is 2.44. The van der Waals surface area contributed by atoms with Gasteiger partial charge in [0.25, 0.3) is 0 Å². The number of rotatable bonds is 5. The topological polar surface area (TPSA) is 32.7 Å². The van der Waals surface area contributed by atoms with E-state index in [9.17, 15) is 0 Å². The number of hydrogen-bond donors (Lipinski definition) is 1. The van der Waals surface area contributed by atoms with Gasteiger partial charge in [-0.3, -0.25) is 4.90 Å². The summed E-state index contributed by atoms with van der Waals surface area (Å²) in [6, 6.07) is 6.92. The van der Waals surface area contributed by atoms with E-state index in [1.807, 2.05) is 6.07 Å². The summed E-state index contributed by atoms with van der Waals surface area (Å²) >= 11 is 0. The fourth-order valence-corrected chi connectivity index (χ4v) is 2.93. The van der Waals surface area contributed by atoms with E-state index in [0.29, 0.717) is 6.42 Å². The van der Waals surface area contributed by atoms with Gasteiger partial charge in [0.2, 0.25) is 0 Å². The van der Waals surface area contributed by atoms with E-state index in [2.05, 4.69) is 35.9 Å². The highest BCUT2D eigenvalue weighted by Crippen LogP contribution is 2.25. The second-order valence-electron chi connectivity index (χ2n) is 5.66. The largest absolute Gasteiger partial charge is 0.495 e. The second-order valence-corrected chi connectivity index (χ2v) is 5.66. The van der Waals surface area contributed by atoms with Crippen LogP contribution >= 0.6 is 0 Å². The van der Waals surface area contributed by atoms with Crippen LogP contribution in [0.15, 0.2) is 18.2 Å². The van der Waals surface area contributed by atoms with E-state index in [1.54, 1.807) is 7.11 Å². The maximum Gasteiger partial charge on any atom is 0.134 e.